The van der Waals surface area contributed by atoms with Gasteiger partial charge in [0.2, 0.25) is 6.29 Å². The van der Waals surface area contributed by atoms with Gasteiger partial charge in [0.1, 0.15) is 24.1 Å². The van der Waals surface area contributed by atoms with E-state index in [1.54, 1.807) is 48.5 Å². The van der Waals surface area contributed by atoms with Crippen molar-refractivity contribution in [2.75, 3.05) is 6.61 Å². The molecule has 3 rings (SSSR count). The third-order valence-electron chi connectivity index (χ3n) is 4.14. The van der Waals surface area contributed by atoms with E-state index in [9.17, 15) is 15.0 Å². The number of aliphatic hydroxyl groups excluding tert-OH is 3. The van der Waals surface area contributed by atoms with Crippen LogP contribution in [0.25, 0.3) is 0 Å². The van der Waals surface area contributed by atoms with Gasteiger partial charge in [-0.25, -0.2) is 0 Å². The molecular weight excluding hydrogens is 338 g/mol. The summed E-state index contributed by atoms with van der Waals surface area (Å²) < 4.78 is 10.7. The average molecular weight is 355 g/mol. The molecule has 1 heterocycles. The molecule has 0 amide bonds. The summed E-state index contributed by atoms with van der Waals surface area (Å²) in [5.41, 5.74) is 1.37. The van der Waals surface area contributed by atoms with Crippen LogP contribution in [-0.4, -0.2) is 52.3 Å². The number of ether oxygens (including phenoxy) is 2. The number of carbonyl (C=O) groups is 1. The van der Waals surface area contributed by atoms with E-state index >= 15 is 0 Å². The molecule has 1 fully saturated rings. The van der Waals surface area contributed by atoms with Gasteiger partial charge in [-0.3, -0.25) is 4.79 Å². The zero-order valence-corrected chi connectivity index (χ0v) is 13.6. The molecule has 0 aliphatic carbocycles. The molecular formula is C19H17NO6. The fraction of sp³-hybridized carbons (Fsp3) is 0.263. The van der Waals surface area contributed by atoms with Crippen molar-refractivity contribution in [3.8, 4) is 11.8 Å². The zero-order chi connectivity index (χ0) is 18.7. The maximum atomic E-state index is 12.4. The highest BCUT2D eigenvalue weighted by Gasteiger charge is 2.43. The zero-order valence-electron chi connectivity index (χ0n) is 13.6. The molecule has 4 atom stereocenters. The van der Waals surface area contributed by atoms with Gasteiger partial charge in [-0.15, -0.1) is 0 Å². The van der Waals surface area contributed by atoms with Crippen LogP contribution in [0.4, 0.5) is 0 Å². The summed E-state index contributed by atoms with van der Waals surface area (Å²) >= 11 is 0. The lowest BCUT2D eigenvalue weighted by molar-refractivity contribution is -0.116. The van der Waals surface area contributed by atoms with Gasteiger partial charge < -0.3 is 24.8 Å². The Bertz CT molecular complexity index is 811. The van der Waals surface area contributed by atoms with Crippen LogP contribution in [-0.2, 0) is 4.74 Å². The number of benzene rings is 2. The second kappa shape index (κ2) is 7.64. The number of hydrogen-bond donors (Lipinski definition) is 3. The first-order valence-electron chi connectivity index (χ1n) is 7.97. The highest BCUT2D eigenvalue weighted by molar-refractivity contribution is 6.09. The van der Waals surface area contributed by atoms with Crippen LogP contribution in [0, 0.1) is 11.3 Å². The minimum Gasteiger partial charge on any atom is -0.462 e. The van der Waals surface area contributed by atoms with Crippen molar-refractivity contribution in [3.05, 3.63) is 65.2 Å². The first kappa shape index (κ1) is 18.0. The highest BCUT2D eigenvalue weighted by Crippen LogP contribution is 2.25. The van der Waals surface area contributed by atoms with E-state index in [1.165, 1.54) is 0 Å². The molecule has 0 unspecified atom stereocenters. The smallest absolute Gasteiger partial charge is 0.229 e. The van der Waals surface area contributed by atoms with E-state index in [2.05, 4.69) is 0 Å². The van der Waals surface area contributed by atoms with Crippen LogP contribution in [0.5, 0.6) is 5.75 Å². The summed E-state index contributed by atoms with van der Waals surface area (Å²) in [5.74, 6) is 0.144. The maximum absolute atomic E-state index is 12.4. The predicted octanol–water partition coefficient (Wildman–Crippen LogP) is 0.607. The summed E-state index contributed by atoms with van der Waals surface area (Å²) in [7, 11) is 0. The number of carbonyl (C=O) groups excluding carboxylic acids is 1. The molecule has 7 heteroatoms. The van der Waals surface area contributed by atoms with Crippen LogP contribution in [0.2, 0.25) is 0 Å². The number of rotatable bonds is 5. The van der Waals surface area contributed by atoms with Crippen molar-refractivity contribution in [2.45, 2.75) is 24.6 Å². The average Bonchev–Trinajstić information content (AvgIpc) is 2.96. The number of nitrogens with zero attached hydrogens (tertiary/aromatic N) is 1. The number of aliphatic hydroxyl groups is 3. The van der Waals surface area contributed by atoms with Gasteiger partial charge in [-0.2, -0.15) is 5.26 Å². The van der Waals surface area contributed by atoms with Gasteiger partial charge in [0.15, 0.2) is 5.78 Å². The van der Waals surface area contributed by atoms with Crippen molar-refractivity contribution < 1.29 is 29.6 Å². The second-order valence-electron chi connectivity index (χ2n) is 5.87. The van der Waals surface area contributed by atoms with E-state index in [0.717, 1.165) is 0 Å². The van der Waals surface area contributed by atoms with Crippen LogP contribution in [0.1, 0.15) is 21.5 Å². The lowest BCUT2D eigenvalue weighted by Crippen LogP contribution is -2.35. The third-order valence-corrected chi connectivity index (χ3v) is 4.14. The Morgan fingerprint density at radius 1 is 1.04 bits per heavy atom. The number of ketones is 1. The fourth-order valence-corrected chi connectivity index (χ4v) is 2.64. The van der Waals surface area contributed by atoms with E-state index in [0.29, 0.717) is 22.4 Å². The number of hydrogen-bond acceptors (Lipinski definition) is 7. The van der Waals surface area contributed by atoms with Gasteiger partial charge in [-0.05, 0) is 48.5 Å². The summed E-state index contributed by atoms with van der Waals surface area (Å²) in [5, 5.41) is 37.4. The molecule has 2 aromatic carbocycles. The van der Waals surface area contributed by atoms with Gasteiger partial charge >= 0.3 is 0 Å². The molecule has 1 saturated heterocycles. The van der Waals surface area contributed by atoms with Gasteiger partial charge in [-0.1, -0.05) is 0 Å². The Balaban J connectivity index is 1.68. The first-order valence-corrected chi connectivity index (χ1v) is 7.97. The first-order chi connectivity index (χ1) is 12.5. The minimum atomic E-state index is -1.29. The lowest BCUT2D eigenvalue weighted by atomic mass is 10.0. The van der Waals surface area contributed by atoms with E-state index in [4.69, 9.17) is 19.8 Å². The van der Waals surface area contributed by atoms with Crippen molar-refractivity contribution in [3.63, 3.8) is 0 Å². The van der Waals surface area contributed by atoms with Crippen molar-refractivity contribution in [1.29, 1.82) is 5.26 Å². The minimum absolute atomic E-state index is 0.200. The standard InChI is InChI=1S/C19H17NO6/c20-9-11-1-3-12(4-2-11)16(22)13-5-7-14(8-6-13)25-19-18(24)17(23)15(10-21)26-19/h1-8,15,17-19,21,23-24H,10H2/t15-,17-,18+,19-/m0/s1. The van der Waals surface area contributed by atoms with Crippen LogP contribution in [0.15, 0.2) is 48.5 Å². The monoisotopic (exact) mass is 355 g/mol. The van der Waals surface area contributed by atoms with Crippen LogP contribution in [0.3, 0.4) is 0 Å². The Hall–Kier alpha value is -2.76. The van der Waals surface area contributed by atoms with Gasteiger partial charge in [0.25, 0.3) is 0 Å². The molecule has 0 saturated carbocycles. The molecule has 1 aliphatic rings. The topological polar surface area (TPSA) is 120 Å². The molecule has 0 bridgehead atoms. The molecule has 7 nitrogen and oxygen atoms in total. The molecule has 1 aliphatic heterocycles. The fourth-order valence-electron chi connectivity index (χ4n) is 2.64. The highest BCUT2D eigenvalue weighted by atomic mass is 16.7. The van der Waals surface area contributed by atoms with Crippen molar-refractivity contribution in [1.82, 2.24) is 0 Å². The quantitative estimate of drug-likeness (QED) is 0.672. The molecule has 0 spiro atoms. The number of nitriles is 1. The summed E-state index contributed by atoms with van der Waals surface area (Å²) in [6.07, 6.45) is -4.54. The molecule has 0 radical (unpaired) electrons. The summed E-state index contributed by atoms with van der Waals surface area (Å²) in [4.78, 5) is 12.4. The second-order valence-corrected chi connectivity index (χ2v) is 5.87. The Kier molecular flexibility index (Phi) is 5.30. The van der Waals surface area contributed by atoms with Gasteiger partial charge in [0.05, 0.1) is 18.2 Å². The lowest BCUT2D eigenvalue weighted by Gasteiger charge is -2.16. The van der Waals surface area contributed by atoms with Crippen LogP contribution >= 0.6 is 0 Å². The Morgan fingerprint density at radius 3 is 2.12 bits per heavy atom. The maximum Gasteiger partial charge on any atom is 0.229 e. The molecule has 3 N–H and O–H groups in total. The molecule has 0 aromatic heterocycles. The van der Waals surface area contributed by atoms with Crippen molar-refractivity contribution in [2.24, 2.45) is 0 Å². The Labute approximate surface area is 149 Å². The molecule has 2 aromatic rings. The van der Waals surface area contributed by atoms with E-state index < -0.39 is 31.2 Å². The van der Waals surface area contributed by atoms with Crippen molar-refractivity contribution >= 4 is 5.78 Å². The van der Waals surface area contributed by atoms with Gasteiger partial charge in [0, 0.05) is 11.1 Å². The molecule has 26 heavy (non-hydrogen) atoms. The van der Waals surface area contributed by atoms with Crippen LogP contribution < -0.4 is 4.74 Å². The molecule has 134 valence electrons. The van der Waals surface area contributed by atoms with E-state index in [1.807, 2.05) is 6.07 Å². The van der Waals surface area contributed by atoms with E-state index in [-0.39, 0.29) is 5.78 Å². The predicted molar refractivity (Wildman–Crippen MR) is 89.4 cm³/mol. The summed E-state index contributed by atoms with van der Waals surface area (Å²) in [6, 6.07) is 14.5. The summed E-state index contributed by atoms with van der Waals surface area (Å²) in [6.45, 7) is -0.434. The SMILES string of the molecule is N#Cc1ccc(C(=O)c2ccc(O[C@H]3O[C@@H](CO)[C@H](O)[C@H]3O)cc2)cc1. The largest absolute Gasteiger partial charge is 0.462 e. The Morgan fingerprint density at radius 2 is 1.62 bits per heavy atom. The third kappa shape index (κ3) is 3.59. The normalized spacial score (nSPS) is 24.8.